The van der Waals surface area contributed by atoms with Gasteiger partial charge in [-0.2, -0.15) is 0 Å². The number of nitro groups is 3. The highest BCUT2D eigenvalue weighted by Crippen LogP contribution is 2.38. The van der Waals surface area contributed by atoms with Gasteiger partial charge in [0.1, 0.15) is 11.6 Å². The number of anilines is 2. The molecule has 3 rings (SSSR count). The maximum atomic E-state index is 10.4. The fraction of sp³-hybridized carbons (Fsp3) is 0.312. The van der Waals surface area contributed by atoms with E-state index in [2.05, 4.69) is 9.88 Å². The standard InChI is InChI=1S/C10H15N3.C6H3N3O7/c11-9-5-4-6-10(12-9)13-7-2-1-3-8-13;10-6-4(8(13)14)1-3(7(11)12)2-5(6)9(15)16/h4-6H,1-3,7-8H2,(H2,11,12);1-2,10H. The Balaban J connectivity index is 0.000000211. The molecule has 0 unspecified atom stereocenters. The molecule has 1 aliphatic heterocycles. The monoisotopic (exact) mass is 406 g/mol. The molecule has 13 nitrogen and oxygen atoms in total. The van der Waals surface area contributed by atoms with Crippen molar-refractivity contribution in [2.45, 2.75) is 19.3 Å². The van der Waals surface area contributed by atoms with E-state index in [1.807, 2.05) is 18.2 Å². The Hall–Kier alpha value is -4.03. The second-order valence-corrected chi connectivity index (χ2v) is 6.07. The average molecular weight is 406 g/mol. The molecule has 0 bridgehead atoms. The Labute approximate surface area is 163 Å². The third-order valence-corrected chi connectivity index (χ3v) is 4.09. The Morgan fingerprint density at radius 2 is 1.48 bits per heavy atom. The third-order valence-electron chi connectivity index (χ3n) is 4.09. The Morgan fingerprint density at radius 3 is 1.93 bits per heavy atom. The predicted molar refractivity (Wildman–Crippen MR) is 103 cm³/mol. The van der Waals surface area contributed by atoms with Crippen LogP contribution >= 0.6 is 0 Å². The minimum Gasteiger partial charge on any atom is -0.497 e. The van der Waals surface area contributed by atoms with Gasteiger partial charge in [0.2, 0.25) is 0 Å². The number of phenolic OH excluding ortho intramolecular Hbond substituents is 1. The van der Waals surface area contributed by atoms with Crippen LogP contribution in [0.3, 0.4) is 0 Å². The van der Waals surface area contributed by atoms with Crippen LogP contribution in [0.5, 0.6) is 5.75 Å². The zero-order valence-corrected chi connectivity index (χ0v) is 15.1. The third kappa shape index (κ3) is 5.47. The largest absolute Gasteiger partial charge is 0.497 e. The molecular formula is C16H18N6O7. The number of aromatic hydroxyl groups is 1. The molecule has 1 fully saturated rings. The van der Waals surface area contributed by atoms with Gasteiger partial charge in [-0.05, 0) is 31.4 Å². The van der Waals surface area contributed by atoms with E-state index >= 15 is 0 Å². The van der Waals surface area contributed by atoms with E-state index in [-0.39, 0.29) is 0 Å². The van der Waals surface area contributed by atoms with E-state index in [1.165, 1.54) is 19.3 Å². The van der Waals surface area contributed by atoms with Crippen LogP contribution < -0.4 is 10.6 Å². The number of rotatable bonds is 4. The van der Waals surface area contributed by atoms with Crippen LogP contribution in [0.2, 0.25) is 0 Å². The number of phenols is 1. The number of nitro benzene ring substituents is 3. The second-order valence-electron chi connectivity index (χ2n) is 6.07. The maximum Gasteiger partial charge on any atom is 0.324 e. The zero-order chi connectivity index (χ0) is 21.6. The van der Waals surface area contributed by atoms with Crippen molar-refractivity contribution in [2.24, 2.45) is 0 Å². The fourth-order valence-corrected chi connectivity index (χ4v) is 2.71. The molecule has 13 heteroatoms. The number of pyridine rings is 1. The summed E-state index contributed by atoms with van der Waals surface area (Å²) in [5.74, 6) is 0.434. The lowest BCUT2D eigenvalue weighted by molar-refractivity contribution is -0.404. The van der Waals surface area contributed by atoms with E-state index in [0.29, 0.717) is 18.0 Å². The molecule has 2 heterocycles. The number of piperidine rings is 1. The van der Waals surface area contributed by atoms with Crippen LogP contribution in [0.4, 0.5) is 28.7 Å². The highest BCUT2D eigenvalue weighted by atomic mass is 16.6. The molecule has 2 aromatic rings. The topological polar surface area (TPSA) is 192 Å². The van der Waals surface area contributed by atoms with E-state index < -0.39 is 37.6 Å². The summed E-state index contributed by atoms with van der Waals surface area (Å²) in [7, 11) is 0. The van der Waals surface area contributed by atoms with Crippen LogP contribution in [0.15, 0.2) is 30.3 Å². The van der Waals surface area contributed by atoms with Crippen molar-refractivity contribution in [3.05, 3.63) is 60.7 Å². The first-order chi connectivity index (χ1) is 13.7. The molecule has 0 spiro atoms. The van der Waals surface area contributed by atoms with Crippen molar-refractivity contribution in [3.8, 4) is 5.75 Å². The molecule has 29 heavy (non-hydrogen) atoms. The molecule has 0 saturated carbocycles. The van der Waals surface area contributed by atoms with Crippen LogP contribution in [0.1, 0.15) is 19.3 Å². The van der Waals surface area contributed by atoms with Gasteiger partial charge in [-0.3, -0.25) is 30.3 Å². The molecule has 1 aromatic carbocycles. The summed E-state index contributed by atoms with van der Waals surface area (Å²) in [5, 5.41) is 40.2. The predicted octanol–water partition coefficient (Wildman–Crippen LogP) is 2.77. The Morgan fingerprint density at radius 1 is 0.931 bits per heavy atom. The first kappa shape index (κ1) is 21.3. The van der Waals surface area contributed by atoms with E-state index in [1.54, 1.807) is 0 Å². The summed E-state index contributed by atoms with van der Waals surface area (Å²) in [6.45, 7) is 2.24. The van der Waals surface area contributed by atoms with Gasteiger partial charge < -0.3 is 15.7 Å². The minimum atomic E-state index is -1.21. The van der Waals surface area contributed by atoms with Gasteiger partial charge in [0.25, 0.3) is 11.4 Å². The molecule has 154 valence electrons. The lowest BCUT2D eigenvalue weighted by Crippen LogP contribution is -2.30. The minimum absolute atomic E-state index is 0.447. The number of benzene rings is 1. The smallest absolute Gasteiger partial charge is 0.324 e. The number of hydrogen-bond donors (Lipinski definition) is 2. The first-order valence-corrected chi connectivity index (χ1v) is 8.48. The van der Waals surface area contributed by atoms with Crippen LogP contribution in [0.25, 0.3) is 0 Å². The Bertz CT molecular complexity index is 895. The summed E-state index contributed by atoms with van der Waals surface area (Å²) < 4.78 is 0. The summed E-state index contributed by atoms with van der Waals surface area (Å²) in [6, 6.07) is 6.71. The van der Waals surface area contributed by atoms with Crippen molar-refractivity contribution in [1.29, 1.82) is 0 Å². The maximum absolute atomic E-state index is 10.4. The summed E-state index contributed by atoms with van der Waals surface area (Å²) in [5.41, 5.74) is 2.63. The van der Waals surface area contributed by atoms with Crippen molar-refractivity contribution in [1.82, 2.24) is 4.98 Å². The molecule has 0 atom stereocenters. The lowest BCUT2D eigenvalue weighted by atomic mass is 10.1. The van der Waals surface area contributed by atoms with Crippen LogP contribution in [-0.2, 0) is 0 Å². The second kappa shape index (κ2) is 9.25. The van der Waals surface area contributed by atoms with Gasteiger partial charge in [0.05, 0.1) is 26.9 Å². The van der Waals surface area contributed by atoms with Gasteiger partial charge in [0.15, 0.2) is 0 Å². The summed E-state index contributed by atoms with van der Waals surface area (Å²) in [6.07, 6.45) is 3.89. The molecule has 3 N–H and O–H groups in total. The molecule has 0 aliphatic carbocycles. The highest BCUT2D eigenvalue weighted by Gasteiger charge is 2.30. The summed E-state index contributed by atoms with van der Waals surface area (Å²) in [4.78, 5) is 34.4. The van der Waals surface area contributed by atoms with Gasteiger partial charge in [-0.25, -0.2) is 4.98 Å². The van der Waals surface area contributed by atoms with Crippen molar-refractivity contribution in [2.75, 3.05) is 23.7 Å². The number of non-ortho nitro benzene ring substituents is 1. The highest BCUT2D eigenvalue weighted by molar-refractivity contribution is 5.64. The van der Waals surface area contributed by atoms with E-state index in [4.69, 9.17) is 10.8 Å². The number of nitrogen functional groups attached to an aromatic ring is 1. The molecule has 0 amide bonds. The SMILES string of the molecule is Nc1cccc(N2CCCCC2)n1.O=[N+]([O-])c1cc([N+](=O)[O-])c(O)c([N+](=O)[O-])c1. The molecule has 1 saturated heterocycles. The number of nitrogens with zero attached hydrogens (tertiary/aromatic N) is 5. The van der Waals surface area contributed by atoms with Crippen molar-refractivity contribution >= 4 is 28.7 Å². The normalized spacial score (nSPS) is 13.2. The molecule has 1 aromatic heterocycles. The Kier molecular flexibility index (Phi) is 6.79. The lowest BCUT2D eigenvalue weighted by Gasteiger charge is -2.27. The van der Waals surface area contributed by atoms with Gasteiger partial charge in [-0.1, -0.05) is 6.07 Å². The van der Waals surface area contributed by atoms with Gasteiger partial charge in [-0.15, -0.1) is 0 Å². The quantitative estimate of drug-likeness (QED) is 0.563. The fourth-order valence-electron chi connectivity index (χ4n) is 2.71. The van der Waals surface area contributed by atoms with Crippen molar-refractivity contribution in [3.63, 3.8) is 0 Å². The molecule has 0 radical (unpaired) electrons. The molecule has 1 aliphatic rings. The van der Waals surface area contributed by atoms with Crippen molar-refractivity contribution < 1.29 is 19.9 Å². The number of nitrogens with two attached hydrogens (primary N) is 1. The number of aromatic nitrogens is 1. The van der Waals surface area contributed by atoms with E-state index in [9.17, 15) is 30.3 Å². The average Bonchev–Trinajstić information content (AvgIpc) is 2.68. The van der Waals surface area contributed by atoms with Gasteiger partial charge >= 0.3 is 11.4 Å². The molecular weight excluding hydrogens is 388 g/mol. The summed E-state index contributed by atoms with van der Waals surface area (Å²) >= 11 is 0. The van der Waals surface area contributed by atoms with Crippen LogP contribution in [-0.4, -0.2) is 37.9 Å². The number of hydrogen-bond acceptors (Lipinski definition) is 10. The van der Waals surface area contributed by atoms with Gasteiger partial charge in [0, 0.05) is 13.1 Å². The van der Waals surface area contributed by atoms with E-state index in [0.717, 1.165) is 18.9 Å². The van der Waals surface area contributed by atoms with Crippen LogP contribution in [0, 0.1) is 30.3 Å². The zero-order valence-electron chi connectivity index (χ0n) is 15.1. The first-order valence-electron chi connectivity index (χ1n) is 8.48.